The molecule has 15 heavy (non-hydrogen) atoms. The fourth-order valence-electron chi connectivity index (χ4n) is 1.82. The molecule has 0 spiro atoms. The van der Waals surface area contributed by atoms with Gasteiger partial charge in [-0.3, -0.25) is 9.69 Å². The van der Waals surface area contributed by atoms with E-state index in [2.05, 4.69) is 21.7 Å². The summed E-state index contributed by atoms with van der Waals surface area (Å²) >= 11 is 1.72. The number of thiophene rings is 1. The normalized spacial score (nSPS) is 21.0. The van der Waals surface area contributed by atoms with Gasteiger partial charge < -0.3 is 4.74 Å². The highest BCUT2D eigenvalue weighted by Gasteiger charge is 2.34. The van der Waals surface area contributed by atoms with Gasteiger partial charge in [-0.1, -0.05) is 0 Å². The fraction of sp³-hybridized carbons (Fsp3) is 0.545. The fourth-order valence-corrected chi connectivity index (χ4v) is 2.52. The Morgan fingerprint density at radius 1 is 1.73 bits per heavy atom. The number of hydrogen-bond donors (Lipinski definition) is 0. The molecule has 0 N–H and O–H groups in total. The molecule has 1 aliphatic heterocycles. The standard InChI is InChI=1S/C11H15NO2S/c1-14-11(13)10-3-6-12(10)5-2-9-4-7-15-8-9/h4,7-8,10H,2-3,5-6H2,1H3. The van der Waals surface area contributed by atoms with Gasteiger partial charge in [-0.25, -0.2) is 0 Å². The van der Waals surface area contributed by atoms with Crippen LogP contribution in [0.25, 0.3) is 0 Å². The minimum absolute atomic E-state index is 0.00800. The first kappa shape index (κ1) is 10.6. The van der Waals surface area contributed by atoms with Crippen molar-refractivity contribution in [3.05, 3.63) is 22.4 Å². The third kappa shape index (κ3) is 2.38. The summed E-state index contributed by atoms with van der Waals surface area (Å²) in [6, 6.07) is 2.14. The second-order valence-electron chi connectivity index (χ2n) is 3.75. The van der Waals surface area contributed by atoms with Gasteiger partial charge in [0.2, 0.25) is 0 Å². The van der Waals surface area contributed by atoms with E-state index in [-0.39, 0.29) is 12.0 Å². The van der Waals surface area contributed by atoms with Crippen LogP contribution in [0.15, 0.2) is 16.8 Å². The van der Waals surface area contributed by atoms with Crippen molar-refractivity contribution in [3.63, 3.8) is 0 Å². The highest BCUT2D eigenvalue weighted by atomic mass is 32.1. The molecule has 1 aliphatic rings. The molecule has 2 rings (SSSR count). The van der Waals surface area contributed by atoms with E-state index in [9.17, 15) is 4.79 Å². The maximum absolute atomic E-state index is 11.3. The molecular weight excluding hydrogens is 210 g/mol. The number of nitrogens with zero attached hydrogens (tertiary/aromatic N) is 1. The zero-order valence-corrected chi connectivity index (χ0v) is 9.63. The van der Waals surface area contributed by atoms with Gasteiger partial charge in [-0.05, 0) is 35.2 Å². The van der Waals surface area contributed by atoms with Gasteiger partial charge in [0.05, 0.1) is 7.11 Å². The van der Waals surface area contributed by atoms with E-state index >= 15 is 0 Å². The van der Waals surface area contributed by atoms with Crippen LogP contribution >= 0.6 is 11.3 Å². The Morgan fingerprint density at radius 2 is 2.60 bits per heavy atom. The minimum atomic E-state index is -0.0911. The molecule has 0 bridgehead atoms. The Bertz CT molecular complexity index is 323. The summed E-state index contributed by atoms with van der Waals surface area (Å²) in [6.45, 7) is 1.97. The third-order valence-corrected chi connectivity index (χ3v) is 3.60. The molecule has 0 saturated carbocycles. The van der Waals surface area contributed by atoms with E-state index in [1.165, 1.54) is 12.7 Å². The van der Waals surface area contributed by atoms with Crippen LogP contribution in [0, 0.1) is 0 Å². The van der Waals surface area contributed by atoms with Crippen molar-refractivity contribution in [1.82, 2.24) is 4.90 Å². The third-order valence-electron chi connectivity index (χ3n) is 2.87. The van der Waals surface area contributed by atoms with E-state index in [1.54, 1.807) is 11.3 Å². The average Bonchev–Trinajstić information content (AvgIpc) is 2.69. The largest absolute Gasteiger partial charge is 0.468 e. The Hall–Kier alpha value is -0.870. The molecule has 4 heteroatoms. The summed E-state index contributed by atoms with van der Waals surface area (Å²) in [5, 5.41) is 4.25. The second kappa shape index (κ2) is 4.77. The summed E-state index contributed by atoms with van der Waals surface area (Å²) in [7, 11) is 1.46. The highest BCUT2D eigenvalue weighted by Crippen LogP contribution is 2.19. The number of methoxy groups -OCH3 is 1. The van der Waals surface area contributed by atoms with Crippen LogP contribution in [-0.2, 0) is 16.0 Å². The average molecular weight is 225 g/mol. The molecule has 0 amide bonds. The second-order valence-corrected chi connectivity index (χ2v) is 4.53. The zero-order valence-electron chi connectivity index (χ0n) is 8.81. The molecule has 0 aliphatic carbocycles. The molecule has 1 aromatic rings. The molecule has 1 atom stereocenters. The maximum atomic E-state index is 11.3. The molecule has 1 aromatic heterocycles. The molecule has 82 valence electrons. The number of hydrogen-bond acceptors (Lipinski definition) is 4. The Kier molecular flexibility index (Phi) is 3.38. The number of carbonyl (C=O) groups is 1. The molecule has 2 heterocycles. The van der Waals surface area contributed by atoms with Crippen molar-refractivity contribution in [3.8, 4) is 0 Å². The Labute approximate surface area is 93.7 Å². The molecule has 1 fully saturated rings. The van der Waals surface area contributed by atoms with E-state index in [4.69, 9.17) is 4.74 Å². The van der Waals surface area contributed by atoms with Gasteiger partial charge in [-0.2, -0.15) is 11.3 Å². The van der Waals surface area contributed by atoms with Crippen LogP contribution in [0.5, 0.6) is 0 Å². The van der Waals surface area contributed by atoms with Crippen LogP contribution in [0.3, 0.4) is 0 Å². The van der Waals surface area contributed by atoms with Gasteiger partial charge in [0.25, 0.3) is 0 Å². The quantitative estimate of drug-likeness (QED) is 0.728. The molecule has 1 unspecified atom stereocenters. The van der Waals surface area contributed by atoms with Crippen molar-refractivity contribution < 1.29 is 9.53 Å². The van der Waals surface area contributed by atoms with Crippen molar-refractivity contribution in [2.45, 2.75) is 18.9 Å². The SMILES string of the molecule is COC(=O)C1CCN1CCc1ccsc1. The number of likely N-dealkylation sites (tertiary alicyclic amines) is 1. The molecule has 0 aromatic carbocycles. The first-order valence-corrected chi connectivity index (χ1v) is 6.08. The van der Waals surface area contributed by atoms with Gasteiger partial charge in [0.1, 0.15) is 6.04 Å². The predicted octanol–water partition coefficient (Wildman–Crippen LogP) is 1.54. The lowest BCUT2D eigenvalue weighted by atomic mass is 10.0. The summed E-state index contributed by atoms with van der Waals surface area (Å²) < 4.78 is 4.74. The lowest BCUT2D eigenvalue weighted by molar-refractivity contribution is -0.151. The Morgan fingerprint density at radius 3 is 3.13 bits per heavy atom. The lowest BCUT2D eigenvalue weighted by Crippen LogP contribution is -2.53. The first-order valence-electron chi connectivity index (χ1n) is 5.14. The van der Waals surface area contributed by atoms with Crippen LogP contribution in [-0.4, -0.2) is 37.1 Å². The maximum Gasteiger partial charge on any atom is 0.323 e. The summed E-state index contributed by atoms with van der Waals surface area (Å²) in [4.78, 5) is 13.5. The highest BCUT2D eigenvalue weighted by molar-refractivity contribution is 7.07. The molecule has 0 radical (unpaired) electrons. The topological polar surface area (TPSA) is 29.5 Å². The summed E-state index contributed by atoms with van der Waals surface area (Å²) in [5.41, 5.74) is 1.36. The molecule has 3 nitrogen and oxygen atoms in total. The number of rotatable bonds is 4. The minimum Gasteiger partial charge on any atom is -0.468 e. The number of esters is 1. The van der Waals surface area contributed by atoms with E-state index in [1.807, 2.05) is 0 Å². The monoisotopic (exact) mass is 225 g/mol. The molecule has 1 saturated heterocycles. The smallest absolute Gasteiger partial charge is 0.323 e. The summed E-state index contributed by atoms with van der Waals surface area (Å²) in [5.74, 6) is -0.0911. The van der Waals surface area contributed by atoms with Crippen LogP contribution in [0.4, 0.5) is 0 Å². The van der Waals surface area contributed by atoms with Gasteiger partial charge in [0.15, 0.2) is 0 Å². The van der Waals surface area contributed by atoms with Gasteiger partial charge in [-0.15, -0.1) is 0 Å². The lowest BCUT2D eigenvalue weighted by Gasteiger charge is -2.38. The van der Waals surface area contributed by atoms with Crippen molar-refractivity contribution in [2.24, 2.45) is 0 Å². The summed E-state index contributed by atoms with van der Waals surface area (Å²) in [6.07, 6.45) is 1.97. The van der Waals surface area contributed by atoms with E-state index in [0.717, 1.165) is 25.9 Å². The van der Waals surface area contributed by atoms with Gasteiger partial charge >= 0.3 is 5.97 Å². The number of carbonyl (C=O) groups excluding carboxylic acids is 1. The van der Waals surface area contributed by atoms with Crippen molar-refractivity contribution in [2.75, 3.05) is 20.2 Å². The van der Waals surface area contributed by atoms with Crippen molar-refractivity contribution >= 4 is 17.3 Å². The van der Waals surface area contributed by atoms with Crippen LogP contribution in [0.2, 0.25) is 0 Å². The van der Waals surface area contributed by atoms with Gasteiger partial charge in [0, 0.05) is 13.1 Å². The van der Waals surface area contributed by atoms with Crippen LogP contribution in [0.1, 0.15) is 12.0 Å². The Balaban J connectivity index is 1.78. The first-order chi connectivity index (χ1) is 7.31. The number of ether oxygens (including phenoxy) is 1. The van der Waals surface area contributed by atoms with E-state index in [0.29, 0.717) is 0 Å². The van der Waals surface area contributed by atoms with Crippen molar-refractivity contribution in [1.29, 1.82) is 0 Å². The zero-order chi connectivity index (χ0) is 10.7. The van der Waals surface area contributed by atoms with Crippen LogP contribution < -0.4 is 0 Å². The van der Waals surface area contributed by atoms with E-state index < -0.39 is 0 Å². The molecular formula is C11H15NO2S. The predicted molar refractivity (Wildman–Crippen MR) is 60.0 cm³/mol.